The lowest BCUT2D eigenvalue weighted by Gasteiger charge is -2.34. The second kappa shape index (κ2) is 4.98. The van der Waals surface area contributed by atoms with Crippen molar-refractivity contribution < 1.29 is 13.9 Å². The number of hydrogen-bond donors (Lipinski definition) is 1. The Kier molecular flexibility index (Phi) is 3.59. The number of amides is 1. The second-order valence-electron chi connectivity index (χ2n) is 3.99. The van der Waals surface area contributed by atoms with Gasteiger partial charge in [0.25, 0.3) is 5.91 Å². The summed E-state index contributed by atoms with van der Waals surface area (Å²) >= 11 is 5.73. The van der Waals surface area contributed by atoms with Crippen molar-refractivity contribution >= 4 is 17.5 Å². The summed E-state index contributed by atoms with van der Waals surface area (Å²) in [4.78, 5) is 15.4. The largest absolute Gasteiger partial charge is 0.381 e. The molecule has 0 aliphatic heterocycles. The number of nitrogens with one attached hydrogen (secondary N) is 1. The summed E-state index contributed by atoms with van der Waals surface area (Å²) in [6, 6.07) is 1.14. The third kappa shape index (κ3) is 2.73. The highest BCUT2D eigenvalue weighted by molar-refractivity contribution is 6.32. The third-order valence-corrected chi connectivity index (χ3v) is 3.11. The maximum absolute atomic E-state index is 12.9. The molecule has 1 fully saturated rings. The topological polar surface area (TPSA) is 51.2 Å². The zero-order valence-electron chi connectivity index (χ0n) is 9.24. The number of aromatic nitrogens is 1. The fraction of sp³-hybridized carbons (Fsp3) is 0.455. The van der Waals surface area contributed by atoms with Crippen LogP contribution < -0.4 is 5.32 Å². The summed E-state index contributed by atoms with van der Waals surface area (Å²) in [6.45, 7) is 0. The van der Waals surface area contributed by atoms with E-state index in [0.29, 0.717) is 0 Å². The molecular weight excluding hydrogens is 247 g/mol. The van der Waals surface area contributed by atoms with Crippen LogP contribution in [-0.2, 0) is 4.74 Å². The van der Waals surface area contributed by atoms with Crippen LogP contribution in [0.1, 0.15) is 23.2 Å². The van der Waals surface area contributed by atoms with Crippen LogP contribution in [0, 0.1) is 5.82 Å². The molecule has 0 aromatic carbocycles. The third-order valence-electron chi connectivity index (χ3n) is 2.81. The van der Waals surface area contributed by atoms with Gasteiger partial charge in [-0.15, -0.1) is 0 Å². The SMILES string of the molecule is COC1CC(NC(=O)c2cc(F)cnc2Cl)C1. The van der Waals surface area contributed by atoms with E-state index < -0.39 is 11.7 Å². The lowest BCUT2D eigenvalue weighted by Crippen LogP contribution is -2.47. The fourth-order valence-electron chi connectivity index (χ4n) is 1.72. The van der Waals surface area contributed by atoms with E-state index in [1.54, 1.807) is 7.11 Å². The number of carbonyl (C=O) groups is 1. The summed E-state index contributed by atoms with van der Waals surface area (Å²) in [5.74, 6) is -0.982. The van der Waals surface area contributed by atoms with Gasteiger partial charge in [-0.05, 0) is 18.9 Å². The van der Waals surface area contributed by atoms with Crippen molar-refractivity contribution in [3.05, 3.63) is 28.8 Å². The molecule has 0 saturated heterocycles. The van der Waals surface area contributed by atoms with Gasteiger partial charge in [0.2, 0.25) is 0 Å². The number of pyridine rings is 1. The van der Waals surface area contributed by atoms with Crippen LogP contribution in [-0.4, -0.2) is 30.1 Å². The summed E-state index contributed by atoms with van der Waals surface area (Å²) in [5, 5.41) is 2.76. The van der Waals surface area contributed by atoms with Gasteiger partial charge in [0, 0.05) is 13.2 Å². The van der Waals surface area contributed by atoms with E-state index in [-0.39, 0.29) is 22.9 Å². The van der Waals surface area contributed by atoms with Crippen LogP contribution >= 0.6 is 11.6 Å². The summed E-state index contributed by atoms with van der Waals surface area (Å²) in [7, 11) is 1.63. The smallest absolute Gasteiger partial charge is 0.254 e. The van der Waals surface area contributed by atoms with E-state index in [9.17, 15) is 9.18 Å². The monoisotopic (exact) mass is 258 g/mol. The van der Waals surface area contributed by atoms with Crippen molar-refractivity contribution in [2.24, 2.45) is 0 Å². The number of hydrogen-bond acceptors (Lipinski definition) is 3. The summed E-state index contributed by atoms with van der Waals surface area (Å²) in [5.41, 5.74) is 0.0625. The average molecular weight is 259 g/mol. The molecule has 92 valence electrons. The zero-order valence-corrected chi connectivity index (χ0v) is 10.00. The maximum Gasteiger partial charge on any atom is 0.254 e. The molecule has 0 atom stereocenters. The molecule has 1 N–H and O–H groups in total. The molecule has 1 aromatic heterocycles. The normalized spacial score (nSPS) is 23.0. The highest BCUT2D eigenvalue weighted by Gasteiger charge is 2.30. The Morgan fingerprint density at radius 2 is 2.35 bits per heavy atom. The van der Waals surface area contributed by atoms with E-state index in [0.717, 1.165) is 25.1 Å². The number of rotatable bonds is 3. The zero-order chi connectivity index (χ0) is 12.4. The van der Waals surface area contributed by atoms with Gasteiger partial charge in [-0.1, -0.05) is 11.6 Å². The molecular formula is C11H12ClFN2O2. The van der Waals surface area contributed by atoms with Crippen molar-refractivity contribution in [3.63, 3.8) is 0 Å². The minimum Gasteiger partial charge on any atom is -0.381 e. The van der Waals surface area contributed by atoms with E-state index in [1.807, 2.05) is 0 Å². The van der Waals surface area contributed by atoms with Gasteiger partial charge in [-0.3, -0.25) is 4.79 Å². The molecule has 1 saturated carbocycles. The van der Waals surface area contributed by atoms with E-state index in [2.05, 4.69) is 10.3 Å². The van der Waals surface area contributed by atoms with Crippen LogP contribution in [0.5, 0.6) is 0 Å². The Labute approximate surface area is 103 Å². The fourth-order valence-corrected chi connectivity index (χ4v) is 1.91. The van der Waals surface area contributed by atoms with Gasteiger partial charge in [0.05, 0.1) is 17.9 Å². The Morgan fingerprint density at radius 3 is 3.00 bits per heavy atom. The van der Waals surface area contributed by atoms with Gasteiger partial charge < -0.3 is 10.1 Å². The van der Waals surface area contributed by atoms with Crippen molar-refractivity contribution in [2.75, 3.05) is 7.11 Å². The van der Waals surface area contributed by atoms with Crippen LogP contribution in [0.4, 0.5) is 4.39 Å². The lowest BCUT2D eigenvalue weighted by atomic mass is 9.89. The molecule has 0 spiro atoms. The first kappa shape index (κ1) is 12.3. The molecule has 1 heterocycles. The van der Waals surface area contributed by atoms with Gasteiger partial charge in [0.15, 0.2) is 0 Å². The quantitative estimate of drug-likeness (QED) is 0.841. The Hall–Kier alpha value is -1.20. The number of ether oxygens (including phenoxy) is 1. The van der Waals surface area contributed by atoms with Gasteiger partial charge in [0.1, 0.15) is 11.0 Å². The van der Waals surface area contributed by atoms with Crippen molar-refractivity contribution in [1.29, 1.82) is 0 Å². The van der Waals surface area contributed by atoms with Crippen molar-refractivity contribution in [3.8, 4) is 0 Å². The van der Waals surface area contributed by atoms with Crippen molar-refractivity contribution in [2.45, 2.75) is 25.0 Å². The van der Waals surface area contributed by atoms with E-state index in [1.165, 1.54) is 0 Å². The van der Waals surface area contributed by atoms with Crippen molar-refractivity contribution in [1.82, 2.24) is 10.3 Å². The van der Waals surface area contributed by atoms with E-state index in [4.69, 9.17) is 16.3 Å². The van der Waals surface area contributed by atoms with Crippen LogP contribution in [0.2, 0.25) is 5.15 Å². The van der Waals surface area contributed by atoms with Gasteiger partial charge in [-0.25, -0.2) is 9.37 Å². The van der Waals surface area contributed by atoms with Crippen LogP contribution in [0.3, 0.4) is 0 Å². The maximum atomic E-state index is 12.9. The molecule has 4 nitrogen and oxygen atoms in total. The molecule has 6 heteroatoms. The molecule has 0 bridgehead atoms. The predicted octanol–water partition coefficient (Wildman–Crippen LogP) is 1.78. The molecule has 1 aliphatic rings. The standard InChI is InChI=1S/C11H12ClFN2O2/c1-17-8-3-7(4-8)15-11(16)9-2-6(13)5-14-10(9)12/h2,5,7-8H,3-4H2,1H3,(H,15,16). The molecule has 0 unspecified atom stereocenters. The molecule has 1 amide bonds. The number of nitrogens with zero attached hydrogens (tertiary/aromatic N) is 1. The Bertz CT molecular complexity index is 435. The molecule has 0 radical (unpaired) electrons. The first-order valence-corrected chi connectivity index (χ1v) is 5.62. The molecule has 1 aromatic rings. The van der Waals surface area contributed by atoms with E-state index >= 15 is 0 Å². The van der Waals surface area contributed by atoms with Crippen LogP contribution in [0.25, 0.3) is 0 Å². The predicted molar refractivity (Wildman–Crippen MR) is 60.5 cm³/mol. The Balaban J connectivity index is 1.98. The van der Waals surface area contributed by atoms with Crippen LogP contribution in [0.15, 0.2) is 12.3 Å². The molecule has 2 rings (SSSR count). The first-order chi connectivity index (χ1) is 8.10. The summed E-state index contributed by atoms with van der Waals surface area (Å²) < 4.78 is 18.0. The highest BCUT2D eigenvalue weighted by Crippen LogP contribution is 2.23. The first-order valence-electron chi connectivity index (χ1n) is 5.25. The Morgan fingerprint density at radius 1 is 1.65 bits per heavy atom. The summed E-state index contributed by atoms with van der Waals surface area (Å²) in [6.07, 6.45) is 2.70. The number of halogens is 2. The second-order valence-corrected chi connectivity index (χ2v) is 4.35. The highest BCUT2D eigenvalue weighted by atomic mass is 35.5. The van der Waals surface area contributed by atoms with Gasteiger partial charge in [-0.2, -0.15) is 0 Å². The molecule has 1 aliphatic carbocycles. The lowest BCUT2D eigenvalue weighted by molar-refractivity contribution is 0.0176. The number of carbonyl (C=O) groups excluding carboxylic acids is 1. The average Bonchev–Trinajstić information content (AvgIpc) is 2.25. The minimum atomic E-state index is -0.581. The number of methoxy groups -OCH3 is 1. The molecule has 17 heavy (non-hydrogen) atoms. The van der Waals surface area contributed by atoms with Gasteiger partial charge >= 0.3 is 0 Å². The minimum absolute atomic E-state index is 0.00603.